The van der Waals surface area contributed by atoms with Gasteiger partial charge in [0.15, 0.2) is 0 Å². The van der Waals surface area contributed by atoms with Crippen molar-refractivity contribution in [3.8, 4) is 0 Å². The van der Waals surface area contributed by atoms with E-state index in [0.29, 0.717) is 11.5 Å². The summed E-state index contributed by atoms with van der Waals surface area (Å²) in [5.41, 5.74) is 0.562. The predicted molar refractivity (Wildman–Crippen MR) is 58.2 cm³/mol. The van der Waals surface area contributed by atoms with Crippen LogP contribution in [0.15, 0.2) is 0 Å². The van der Waals surface area contributed by atoms with Gasteiger partial charge in [-0.3, -0.25) is 0 Å². The number of hydrogen-bond donors (Lipinski definition) is 2. The van der Waals surface area contributed by atoms with E-state index in [1.54, 1.807) is 0 Å². The summed E-state index contributed by atoms with van der Waals surface area (Å²) in [7, 11) is 0. The van der Waals surface area contributed by atoms with Gasteiger partial charge in [0, 0.05) is 6.04 Å². The number of nitrogens with one attached hydrogen (secondary N) is 1. The van der Waals surface area contributed by atoms with Crippen molar-refractivity contribution in [2.24, 2.45) is 11.3 Å². The van der Waals surface area contributed by atoms with E-state index < -0.39 is 0 Å². The Hall–Kier alpha value is -0.0800. The first-order chi connectivity index (χ1) is 6.59. The molecule has 2 aliphatic rings. The Bertz CT molecular complexity index is 202. The summed E-state index contributed by atoms with van der Waals surface area (Å²) in [6, 6.07) is 0.375. The zero-order valence-corrected chi connectivity index (χ0v) is 9.42. The quantitative estimate of drug-likeness (QED) is 0.724. The van der Waals surface area contributed by atoms with Gasteiger partial charge < -0.3 is 10.4 Å². The Labute approximate surface area is 87.1 Å². The van der Waals surface area contributed by atoms with Gasteiger partial charge in [0.05, 0.1) is 6.10 Å². The van der Waals surface area contributed by atoms with E-state index in [4.69, 9.17) is 0 Å². The third-order valence-corrected chi connectivity index (χ3v) is 4.07. The molecule has 0 radical (unpaired) electrons. The maximum Gasteiger partial charge on any atom is 0.0693 e. The highest BCUT2D eigenvalue weighted by Crippen LogP contribution is 2.51. The molecule has 0 aromatic heterocycles. The second kappa shape index (κ2) is 3.82. The van der Waals surface area contributed by atoms with Crippen LogP contribution < -0.4 is 5.32 Å². The van der Waals surface area contributed by atoms with Gasteiger partial charge in [0.1, 0.15) is 0 Å². The molecule has 2 fully saturated rings. The van der Waals surface area contributed by atoms with Crippen LogP contribution in [0.2, 0.25) is 0 Å². The fourth-order valence-corrected chi connectivity index (χ4v) is 2.57. The van der Waals surface area contributed by atoms with Crippen molar-refractivity contribution in [2.75, 3.05) is 6.54 Å². The molecule has 0 heterocycles. The van der Waals surface area contributed by atoms with Crippen LogP contribution in [-0.2, 0) is 0 Å². The average Bonchev–Trinajstić information content (AvgIpc) is 2.73. The van der Waals surface area contributed by atoms with Gasteiger partial charge in [0.2, 0.25) is 0 Å². The van der Waals surface area contributed by atoms with E-state index in [2.05, 4.69) is 19.2 Å². The van der Waals surface area contributed by atoms with Gasteiger partial charge in [-0.2, -0.15) is 0 Å². The van der Waals surface area contributed by atoms with Gasteiger partial charge in [0.25, 0.3) is 0 Å². The van der Waals surface area contributed by atoms with E-state index in [0.717, 1.165) is 25.3 Å². The number of rotatable bonds is 3. The van der Waals surface area contributed by atoms with Crippen LogP contribution in [-0.4, -0.2) is 23.8 Å². The number of aliphatic hydroxyl groups is 1. The maximum absolute atomic E-state index is 9.77. The lowest BCUT2D eigenvalue weighted by Gasteiger charge is -2.28. The molecule has 0 spiro atoms. The van der Waals surface area contributed by atoms with Gasteiger partial charge in [-0.25, -0.2) is 0 Å². The fraction of sp³-hybridized carbons (Fsp3) is 1.00. The van der Waals surface area contributed by atoms with Crippen molar-refractivity contribution in [3.05, 3.63) is 0 Å². The zero-order chi connectivity index (χ0) is 10.2. The largest absolute Gasteiger partial charge is 0.392 e. The van der Waals surface area contributed by atoms with Gasteiger partial charge in [-0.15, -0.1) is 0 Å². The van der Waals surface area contributed by atoms with Gasteiger partial charge in [-0.05, 0) is 37.1 Å². The van der Waals surface area contributed by atoms with Crippen LogP contribution in [0.25, 0.3) is 0 Å². The van der Waals surface area contributed by atoms with Crippen LogP contribution in [0.5, 0.6) is 0 Å². The van der Waals surface area contributed by atoms with Crippen molar-refractivity contribution in [3.63, 3.8) is 0 Å². The first kappa shape index (κ1) is 10.4. The van der Waals surface area contributed by atoms with E-state index in [1.165, 1.54) is 19.3 Å². The second-order valence-electron chi connectivity index (χ2n) is 5.76. The van der Waals surface area contributed by atoms with Crippen molar-refractivity contribution in [1.82, 2.24) is 5.32 Å². The van der Waals surface area contributed by atoms with Crippen LogP contribution in [0.1, 0.15) is 46.0 Å². The van der Waals surface area contributed by atoms with Gasteiger partial charge in [-0.1, -0.05) is 26.7 Å². The molecule has 1 unspecified atom stereocenters. The van der Waals surface area contributed by atoms with E-state index in [1.807, 2.05) is 0 Å². The van der Waals surface area contributed by atoms with Crippen molar-refractivity contribution >= 4 is 0 Å². The standard InChI is InChI=1S/C12H23NO/c1-12(2)7-9(12)8-13-10-5-3-4-6-11(10)14/h9-11,13-14H,3-8H2,1-2H3/t9?,10-,11-/m1/s1. The van der Waals surface area contributed by atoms with Gasteiger partial charge >= 0.3 is 0 Å². The van der Waals surface area contributed by atoms with Crippen LogP contribution in [0.4, 0.5) is 0 Å². The third-order valence-electron chi connectivity index (χ3n) is 4.07. The molecular weight excluding hydrogens is 174 g/mol. The van der Waals surface area contributed by atoms with E-state index in [-0.39, 0.29) is 6.10 Å². The molecule has 14 heavy (non-hydrogen) atoms. The Kier molecular flexibility index (Phi) is 2.85. The number of hydrogen-bond acceptors (Lipinski definition) is 2. The van der Waals surface area contributed by atoms with E-state index >= 15 is 0 Å². The summed E-state index contributed by atoms with van der Waals surface area (Å²) < 4.78 is 0. The molecule has 2 saturated carbocycles. The summed E-state index contributed by atoms with van der Waals surface area (Å²) in [4.78, 5) is 0. The molecule has 2 nitrogen and oxygen atoms in total. The minimum Gasteiger partial charge on any atom is -0.392 e. The monoisotopic (exact) mass is 197 g/mol. The maximum atomic E-state index is 9.77. The summed E-state index contributed by atoms with van der Waals surface area (Å²) in [5, 5.41) is 13.3. The topological polar surface area (TPSA) is 32.3 Å². The SMILES string of the molecule is CC1(C)CC1CN[C@@H]1CCCC[C@H]1O. The Balaban J connectivity index is 1.70. The molecule has 0 amide bonds. The first-order valence-corrected chi connectivity index (χ1v) is 6.01. The summed E-state index contributed by atoms with van der Waals surface area (Å²) in [6.45, 7) is 5.77. The molecule has 0 saturated heterocycles. The average molecular weight is 197 g/mol. The molecule has 2 heteroatoms. The zero-order valence-electron chi connectivity index (χ0n) is 9.42. The Morgan fingerprint density at radius 2 is 1.93 bits per heavy atom. The van der Waals surface area contributed by atoms with E-state index in [9.17, 15) is 5.11 Å². The molecule has 0 aromatic rings. The predicted octanol–water partition coefficient (Wildman–Crippen LogP) is 1.93. The molecular formula is C12H23NO. The molecule has 0 bridgehead atoms. The van der Waals surface area contributed by atoms with Crippen molar-refractivity contribution < 1.29 is 5.11 Å². The van der Waals surface area contributed by atoms with Crippen molar-refractivity contribution in [1.29, 1.82) is 0 Å². The molecule has 0 aliphatic heterocycles. The highest BCUT2D eigenvalue weighted by atomic mass is 16.3. The van der Waals surface area contributed by atoms with Crippen molar-refractivity contribution in [2.45, 2.75) is 58.1 Å². The highest BCUT2D eigenvalue weighted by molar-refractivity contribution is 4.97. The molecule has 2 rings (SSSR count). The van der Waals surface area contributed by atoms with Crippen LogP contribution in [0.3, 0.4) is 0 Å². The lowest BCUT2D eigenvalue weighted by atomic mass is 9.92. The molecule has 2 N–H and O–H groups in total. The smallest absolute Gasteiger partial charge is 0.0693 e. The molecule has 82 valence electrons. The Morgan fingerprint density at radius 3 is 2.50 bits per heavy atom. The second-order valence-corrected chi connectivity index (χ2v) is 5.76. The van der Waals surface area contributed by atoms with Crippen LogP contribution >= 0.6 is 0 Å². The summed E-state index contributed by atoms with van der Waals surface area (Å²) in [5.74, 6) is 0.844. The third kappa shape index (κ3) is 2.29. The minimum atomic E-state index is -0.0920. The molecule has 0 aromatic carbocycles. The first-order valence-electron chi connectivity index (χ1n) is 6.01. The lowest BCUT2D eigenvalue weighted by Crippen LogP contribution is -2.43. The summed E-state index contributed by atoms with van der Waals surface area (Å²) >= 11 is 0. The molecule has 2 aliphatic carbocycles. The highest BCUT2D eigenvalue weighted by Gasteiger charge is 2.45. The minimum absolute atomic E-state index is 0.0920. The van der Waals surface area contributed by atoms with Crippen LogP contribution in [0, 0.1) is 11.3 Å². The molecule has 3 atom stereocenters. The fourth-order valence-electron chi connectivity index (χ4n) is 2.57. The lowest BCUT2D eigenvalue weighted by molar-refractivity contribution is 0.0900. The Morgan fingerprint density at radius 1 is 1.29 bits per heavy atom. The number of aliphatic hydroxyl groups excluding tert-OH is 1. The summed E-state index contributed by atoms with van der Waals surface area (Å²) in [6.07, 6.45) is 5.89. The normalized spacial score (nSPS) is 40.9.